The molecule has 1 saturated carbocycles. The number of anilines is 2. The fourth-order valence-electron chi connectivity index (χ4n) is 4.26. The molecule has 1 saturated heterocycles. The number of aromatic nitrogens is 2. The summed E-state index contributed by atoms with van der Waals surface area (Å²) >= 11 is 6.06. The third-order valence-electron chi connectivity index (χ3n) is 6.00. The van der Waals surface area contributed by atoms with E-state index in [0.29, 0.717) is 25.2 Å². The Hall–Kier alpha value is -3.07. The van der Waals surface area contributed by atoms with Gasteiger partial charge < -0.3 is 20.3 Å². The minimum atomic E-state index is -0.454. The predicted molar refractivity (Wildman–Crippen MR) is 121 cm³/mol. The Morgan fingerprint density at radius 2 is 1.88 bits per heavy atom. The molecule has 0 radical (unpaired) electrons. The Balaban J connectivity index is 1.20. The number of hydrogen-bond donors (Lipinski definition) is 3. The normalized spacial score (nSPS) is 22.9. The van der Waals surface area contributed by atoms with Crippen LogP contribution in [-0.4, -0.2) is 47.4 Å². The van der Waals surface area contributed by atoms with Crippen molar-refractivity contribution >= 4 is 35.0 Å². The van der Waals surface area contributed by atoms with Gasteiger partial charge in [-0.15, -0.1) is 0 Å². The number of ether oxygens (including phenoxy) is 1. The molecule has 9 nitrogen and oxygen atoms in total. The van der Waals surface area contributed by atoms with Crippen LogP contribution in [0.15, 0.2) is 41.3 Å². The van der Waals surface area contributed by atoms with Gasteiger partial charge in [0.2, 0.25) is 5.91 Å². The molecule has 170 valence electrons. The van der Waals surface area contributed by atoms with E-state index in [1.807, 2.05) is 35.2 Å². The summed E-state index contributed by atoms with van der Waals surface area (Å²) in [5.74, 6) is -0.0313. The average molecular weight is 460 g/mol. The highest BCUT2D eigenvalue weighted by Gasteiger charge is 2.30. The summed E-state index contributed by atoms with van der Waals surface area (Å²) in [6.45, 7) is 1.06. The van der Waals surface area contributed by atoms with Crippen molar-refractivity contribution in [1.82, 2.24) is 15.5 Å². The van der Waals surface area contributed by atoms with Crippen molar-refractivity contribution in [1.29, 1.82) is 0 Å². The highest BCUT2D eigenvalue weighted by molar-refractivity contribution is 6.33. The van der Waals surface area contributed by atoms with Crippen molar-refractivity contribution < 1.29 is 14.3 Å². The van der Waals surface area contributed by atoms with E-state index in [1.165, 1.54) is 6.20 Å². The molecule has 2 aromatic rings. The number of amides is 2. The zero-order valence-electron chi connectivity index (χ0n) is 17.6. The fourth-order valence-corrected chi connectivity index (χ4v) is 4.47. The van der Waals surface area contributed by atoms with Gasteiger partial charge >= 0.3 is 6.09 Å². The maximum atomic E-state index is 12.5. The number of carbonyl (C=O) groups is 2. The molecule has 2 aliphatic rings. The average Bonchev–Trinajstić information content (AvgIpc) is 3.24. The maximum Gasteiger partial charge on any atom is 0.407 e. The Morgan fingerprint density at radius 1 is 1.12 bits per heavy atom. The van der Waals surface area contributed by atoms with Crippen molar-refractivity contribution in [2.45, 2.75) is 44.2 Å². The predicted octanol–water partition coefficient (Wildman–Crippen LogP) is 2.93. The van der Waals surface area contributed by atoms with E-state index >= 15 is 0 Å². The summed E-state index contributed by atoms with van der Waals surface area (Å²) in [6.07, 6.45) is 4.29. The third kappa shape index (κ3) is 5.40. The molecule has 1 aliphatic heterocycles. The Kier molecular flexibility index (Phi) is 6.94. The van der Waals surface area contributed by atoms with E-state index in [9.17, 15) is 14.4 Å². The van der Waals surface area contributed by atoms with Crippen LogP contribution < -0.4 is 21.1 Å². The Bertz CT molecular complexity index is 1010. The Morgan fingerprint density at radius 3 is 2.62 bits per heavy atom. The molecule has 1 atom stereocenters. The second-order valence-electron chi connectivity index (χ2n) is 8.21. The van der Waals surface area contributed by atoms with E-state index in [0.717, 1.165) is 31.4 Å². The minimum Gasteiger partial charge on any atom is -0.444 e. The number of halogens is 1. The summed E-state index contributed by atoms with van der Waals surface area (Å²) in [5.41, 5.74) is 0.887. The van der Waals surface area contributed by atoms with Crippen molar-refractivity contribution in [3.05, 3.63) is 51.9 Å². The van der Waals surface area contributed by atoms with E-state index < -0.39 is 11.7 Å². The third-order valence-corrected chi connectivity index (χ3v) is 6.36. The monoisotopic (exact) mass is 459 g/mol. The van der Waals surface area contributed by atoms with Gasteiger partial charge in [-0.05, 0) is 37.8 Å². The summed E-state index contributed by atoms with van der Waals surface area (Å²) in [5, 5.41) is 12.0. The molecule has 0 spiro atoms. The van der Waals surface area contributed by atoms with Gasteiger partial charge in [0.15, 0.2) is 0 Å². The first-order valence-corrected chi connectivity index (χ1v) is 11.2. The number of rotatable bonds is 5. The van der Waals surface area contributed by atoms with E-state index in [4.69, 9.17) is 16.3 Å². The smallest absolute Gasteiger partial charge is 0.407 e. The number of nitrogens with zero attached hydrogens (tertiary/aromatic N) is 2. The van der Waals surface area contributed by atoms with Crippen LogP contribution in [-0.2, 0) is 9.53 Å². The number of para-hydroxylation sites is 1. The first-order valence-electron chi connectivity index (χ1n) is 10.8. The quantitative estimate of drug-likeness (QED) is 0.633. The number of H-pyrrole nitrogens is 1. The second-order valence-corrected chi connectivity index (χ2v) is 8.59. The molecule has 10 heteroatoms. The first kappa shape index (κ1) is 22.1. The molecule has 2 fully saturated rings. The maximum absolute atomic E-state index is 12.5. The first-order chi connectivity index (χ1) is 15.5. The Labute approximate surface area is 190 Å². The van der Waals surface area contributed by atoms with Gasteiger partial charge in [0, 0.05) is 30.6 Å². The highest BCUT2D eigenvalue weighted by atomic mass is 35.5. The minimum absolute atomic E-state index is 0.00731. The molecule has 2 amide bonds. The standard InChI is InChI=1S/C22H26ClN5O4/c23-19-18(12-24-27-21(19)30)28-11-10-17(13-28)32-22(31)26-16-8-6-14(7-9-16)20(29)25-15-4-2-1-3-5-15/h1-5,12,14,16-17H,6-11,13H2,(H,25,29)(H,26,31)(H,27,30)/t14-,16-,17-/m1/s1. The summed E-state index contributed by atoms with van der Waals surface area (Å²) in [4.78, 5) is 38.3. The highest BCUT2D eigenvalue weighted by Crippen LogP contribution is 2.27. The van der Waals surface area contributed by atoms with Gasteiger partial charge in [0.05, 0.1) is 18.4 Å². The van der Waals surface area contributed by atoms with Crippen LogP contribution in [0, 0.1) is 5.92 Å². The van der Waals surface area contributed by atoms with Gasteiger partial charge in [0.25, 0.3) is 5.56 Å². The largest absolute Gasteiger partial charge is 0.444 e. The topological polar surface area (TPSA) is 116 Å². The molecule has 0 bridgehead atoms. The zero-order valence-corrected chi connectivity index (χ0v) is 18.3. The number of nitrogens with one attached hydrogen (secondary N) is 3. The summed E-state index contributed by atoms with van der Waals surface area (Å²) in [6, 6.07) is 9.40. The summed E-state index contributed by atoms with van der Waals surface area (Å²) in [7, 11) is 0. The van der Waals surface area contributed by atoms with Crippen molar-refractivity contribution in [2.24, 2.45) is 5.92 Å². The van der Waals surface area contributed by atoms with Crippen LogP contribution in [0.5, 0.6) is 0 Å². The van der Waals surface area contributed by atoms with Crippen LogP contribution in [0.25, 0.3) is 0 Å². The molecule has 2 heterocycles. The van der Waals surface area contributed by atoms with E-state index in [-0.39, 0.29) is 29.0 Å². The lowest BCUT2D eigenvalue weighted by atomic mass is 9.85. The van der Waals surface area contributed by atoms with Crippen LogP contribution >= 0.6 is 11.6 Å². The zero-order chi connectivity index (χ0) is 22.5. The molecular formula is C22H26ClN5O4. The molecule has 3 N–H and O–H groups in total. The van der Waals surface area contributed by atoms with Crippen LogP contribution in [0.1, 0.15) is 32.1 Å². The lowest BCUT2D eigenvalue weighted by Gasteiger charge is -2.28. The van der Waals surface area contributed by atoms with Gasteiger partial charge in [-0.3, -0.25) is 9.59 Å². The van der Waals surface area contributed by atoms with Gasteiger partial charge in [-0.1, -0.05) is 29.8 Å². The van der Waals surface area contributed by atoms with Gasteiger partial charge in [-0.25, -0.2) is 9.89 Å². The van der Waals surface area contributed by atoms with Crippen LogP contribution in [0.2, 0.25) is 5.02 Å². The van der Waals surface area contributed by atoms with Crippen molar-refractivity contribution in [3.63, 3.8) is 0 Å². The fraction of sp³-hybridized carbons (Fsp3) is 0.455. The number of benzene rings is 1. The van der Waals surface area contributed by atoms with Crippen LogP contribution in [0.3, 0.4) is 0 Å². The lowest BCUT2D eigenvalue weighted by Crippen LogP contribution is -2.41. The van der Waals surface area contributed by atoms with E-state index in [2.05, 4.69) is 20.8 Å². The van der Waals surface area contributed by atoms with Crippen molar-refractivity contribution in [3.8, 4) is 0 Å². The molecule has 1 aromatic carbocycles. The number of carbonyl (C=O) groups excluding carboxylic acids is 2. The molecule has 1 aromatic heterocycles. The van der Waals surface area contributed by atoms with E-state index in [1.54, 1.807) is 0 Å². The van der Waals surface area contributed by atoms with Gasteiger partial charge in [-0.2, -0.15) is 5.10 Å². The SMILES string of the molecule is O=C(N[C@H]1CC[C@H](C(=O)Nc2ccccc2)CC1)O[C@@H]1CCN(c2cn[nH]c(=O)c2Cl)C1. The second kappa shape index (κ2) is 10.0. The molecular weight excluding hydrogens is 434 g/mol. The number of aromatic amines is 1. The summed E-state index contributed by atoms with van der Waals surface area (Å²) < 4.78 is 5.57. The molecule has 1 aliphatic carbocycles. The van der Waals surface area contributed by atoms with Gasteiger partial charge in [0.1, 0.15) is 11.1 Å². The van der Waals surface area contributed by atoms with Crippen LogP contribution in [0.4, 0.5) is 16.2 Å². The number of hydrogen-bond acceptors (Lipinski definition) is 6. The molecule has 32 heavy (non-hydrogen) atoms. The number of alkyl carbamates (subject to hydrolysis) is 1. The van der Waals surface area contributed by atoms with Crippen molar-refractivity contribution in [2.75, 3.05) is 23.3 Å². The lowest BCUT2D eigenvalue weighted by molar-refractivity contribution is -0.120. The molecule has 4 rings (SSSR count). The molecule has 0 unspecified atom stereocenters.